The second kappa shape index (κ2) is 7.74. The molecule has 0 bridgehead atoms. The van der Waals surface area contributed by atoms with Gasteiger partial charge in [-0.25, -0.2) is 4.98 Å². The number of hydrogen-bond acceptors (Lipinski definition) is 5. The van der Waals surface area contributed by atoms with E-state index in [1.807, 2.05) is 23.1 Å². The number of piperazine rings is 1. The van der Waals surface area contributed by atoms with Gasteiger partial charge in [0.15, 0.2) is 0 Å². The molecule has 2 saturated heterocycles. The topological polar surface area (TPSA) is 87.5 Å². The Kier molecular flexibility index (Phi) is 4.92. The first-order chi connectivity index (χ1) is 14.6. The van der Waals surface area contributed by atoms with E-state index in [0.717, 1.165) is 37.3 Å². The molecule has 1 atom stereocenters. The number of carbonyl (C=O) groups is 2. The summed E-state index contributed by atoms with van der Waals surface area (Å²) >= 11 is 0. The van der Waals surface area contributed by atoms with Gasteiger partial charge in [-0.1, -0.05) is 0 Å². The molecule has 2 aliphatic heterocycles. The van der Waals surface area contributed by atoms with E-state index >= 15 is 0 Å². The van der Waals surface area contributed by atoms with E-state index < -0.39 is 0 Å². The van der Waals surface area contributed by atoms with Crippen LogP contribution in [0.2, 0.25) is 0 Å². The van der Waals surface area contributed by atoms with Crippen LogP contribution < -0.4 is 15.8 Å². The third kappa shape index (κ3) is 3.78. The second-order valence-electron chi connectivity index (χ2n) is 8.70. The number of amides is 2. The molecule has 3 aliphatic rings. The van der Waals surface area contributed by atoms with Crippen LogP contribution in [-0.4, -0.2) is 59.0 Å². The highest BCUT2D eigenvalue weighted by molar-refractivity contribution is 5.87. The molecule has 2 aromatic rings. The SMILES string of the molecule is O=C1CC(C(=O)N2CCN(c3ccc4c(=O)n(CC5CC5)cnc4c3)CC2)CCN1. The van der Waals surface area contributed by atoms with Crippen molar-refractivity contribution in [2.45, 2.75) is 32.2 Å². The molecule has 8 nitrogen and oxygen atoms in total. The molecule has 1 aliphatic carbocycles. The minimum Gasteiger partial charge on any atom is -0.368 e. The summed E-state index contributed by atoms with van der Waals surface area (Å²) in [4.78, 5) is 45.7. The standard InChI is InChI=1S/C22H27N5O3/c28-20-11-16(5-6-23-20)21(29)26-9-7-25(8-10-26)17-3-4-18-19(12-17)24-14-27(22(18)30)13-15-1-2-15/h3-4,12,14-16H,1-2,5-11,13H2,(H,23,28). The minimum atomic E-state index is -0.187. The number of anilines is 1. The number of carbonyl (C=O) groups excluding carboxylic acids is 2. The molecular weight excluding hydrogens is 382 g/mol. The maximum absolute atomic E-state index is 12.7. The summed E-state index contributed by atoms with van der Waals surface area (Å²) in [6.07, 6.45) is 5.09. The van der Waals surface area contributed by atoms with Gasteiger partial charge in [0.25, 0.3) is 5.56 Å². The van der Waals surface area contributed by atoms with Crippen LogP contribution in [0.4, 0.5) is 5.69 Å². The van der Waals surface area contributed by atoms with Gasteiger partial charge >= 0.3 is 0 Å². The van der Waals surface area contributed by atoms with Crippen molar-refractivity contribution in [1.29, 1.82) is 0 Å². The first-order valence-corrected chi connectivity index (χ1v) is 10.9. The lowest BCUT2D eigenvalue weighted by molar-refractivity contribution is -0.140. The van der Waals surface area contributed by atoms with Crippen LogP contribution in [0.15, 0.2) is 29.3 Å². The molecule has 2 amide bonds. The molecule has 1 unspecified atom stereocenters. The van der Waals surface area contributed by atoms with Crippen molar-refractivity contribution in [3.63, 3.8) is 0 Å². The molecule has 3 fully saturated rings. The fourth-order valence-corrected chi connectivity index (χ4v) is 4.49. The van der Waals surface area contributed by atoms with Crippen LogP contribution in [0.3, 0.4) is 0 Å². The Balaban J connectivity index is 1.26. The normalized spacial score (nSPS) is 22.3. The lowest BCUT2D eigenvalue weighted by Gasteiger charge is -2.38. The Morgan fingerprint density at radius 2 is 1.90 bits per heavy atom. The van der Waals surface area contributed by atoms with Gasteiger partial charge in [-0.15, -0.1) is 0 Å². The quantitative estimate of drug-likeness (QED) is 0.814. The Morgan fingerprint density at radius 3 is 2.63 bits per heavy atom. The summed E-state index contributed by atoms with van der Waals surface area (Å²) in [6, 6.07) is 5.83. The Labute approximate surface area is 174 Å². The minimum absolute atomic E-state index is 0.0295. The average molecular weight is 409 g/mol. The largest absolute Gasteiger partial charge is 0.368 e. The van der Waals surface area contributed by atoms with Gasteiger partial charge in [-0.3, -0.25) is 19.0 Å². The van der Waals surface area contributed by atoms with Crippen molar-refractivity contribution < 1.29 is 9.59 Å². The van der Waals surface area contributed by atoms with Crippen molar-refractivity contribution >= 4 is 28.4 Å². The van der Waals surface area contributed by atoms with Crippen LogP contribution in [0.1, 0.15) is 25.7 Å². The molecule has 5 rings (SSSR count). The molecule has 0 spiro atoms. The molecule has 30 heavy (non-hydrogen) atoms. The summed E-state index contributed by atoms with van der Waals surface area (Å²) in [5.41, 5.74) is 1.78. The summed E-state index contributed by atoms with van der Waals surface area (Å²) in [6.45, 7) is 4.10. The zero-order valence-electron chi connectivity index (χ0n) is 17.0. The lowest BCUT2D eigenvalue weighted by Crippen LogP contribution is -2.52. The number of hydrogen-bond donors (Lipinski definition) is 1. The summed E-state index contributed by atoms with van der Waals surface area (Å²) < 4.78 is 1.73. The summed E-state index contributed by atoms with van der Waals surface area (Å²) in [7, 11) is 0. The highest BCUT2D eigenvalue weighted by atomic mass is 16.2. The maximum atomic E-state index is 12.7. The van der Waals surface area contributed by atoms with Gasteiger partial charge in [-0.2, -0.15) is 0 Å². The Morgan fingerprint density at radius 1 is 1.10 bits per heavy atom. The highest BCUT2D eigenvalue weighted by Gasteiger charge is 2.31. The van der Waals surface area contributed by atoms with Gasteiger partial charge in [0.05, 0.1) is 17.2 Å². The van der Waals surface area contributed by atoms with E-state index in [9.17, 15) is 14.4 Å². The van der Waals surface area contributed by atoms with Crippen molar-refractivity contribution in [3.05, 3.63) is 34.9 Å². The van der Waals surface area contributed by atoms with Gasteiger partial charge in [0.2, 0.25) is 11.8 Å². The van der Waals surface area contributed by atoms with Gasteiger partial charge in [0.1, 0.15) is 0 Å². The summed E-state index contributed by atoms with van der Waals surface area (Å²) in [5.74, 6) is 0.509. The van der Waals surface area contributed by atoms with Crippen molar-refractivity contribution in [3.8, 4) is 0 Å². The number of piperidine rings is 1. The molecule has 1 aromatic heterocycles. The second-order valence-corrected chi connectivity index (χ2v) is 8.70. The zero-order valence-corrected chi connectivity index (χ0v) is 17.0. The van der Waals surface area contributed by atoms with Crippen LogP contribution in [0.5, 0.6) is 0 Å². The molecule has 3 heterocycles. The van der Waals surface area contributed by atoms with E-state index in [4.69, 9.17) is 0 Å². The molecule has 1 saturated carbocycles. The van der Waals surface area contributed by atoms with Crippen LogP contribution >= 0.6 is 0 Å². The van der Waals surface area contributed by atoms with E-state index in [2.05, 4.69) is 15.2 Å². The van der Waals surface area contributed by atoms with Gasteiger partial charge in [0, 0.05) is 57.3 Å². The number of nitrogens with one attached hydrogen (secondary N) is 1. The smallest absolute Gasteiger partial charge is 0.261 e. The fraction of sp³-hybridized carbons (Fsp3) is 0.545. The molecule has 1 N–H and O–H groups in total. The summed E-state index contributed by atoms with van der Waals surface area (Å²) in [5, 5.41) is 3.44. The van der Waals surface area contributed by atoms with Crippen molar-refractivity contribution in [2.24, 2.45) is 11.8 Å². The van der Waals surface area contributed by atoms with E-state index in [-0.39, 0.29) is 23.3 Å². The number of benzene rings is 1. The molecular formula is C22H27N5O3. The van der Waals surface area contributed by atoms with Gasteiger partial charge in [-0.05, 0) is 43.4 Å². The number of aromatic nitrogens is 2. The first-order valence-electron chi connectivity index (χ1n) is 10.9. The maximum Gasteiger partial charge on any atom is 0.261 e. The number of fused-ring (bicyclic) bond motifs is 1. The first kappa shape index (κ1) is 19.1. The molecule has 0 radical (unpaired) electrons. The van der Waals surface area contributed by atoms with E-state index in [1.165, 1.54) is 12.8 Å². The number of rotatable bonds is 4. The van der Waals surface area contributed by atoms with E-state index in [0.29, 0.717) is 37.4 Å². The molecule has 158 valence electrons. The van der Waals surface area contributed by atoms with Crippen molar-refractivity contribution in [2.75, 3.05) is 37.6 Å². The third-order valence-electron chi connectivity index (χ3n) is 6.51. The Hall–Kier alpha value is -2.90. The highest BCUT2D eigenvalue weighted by Crippen LogP contribution is 2.30. The van der Waals surface area contributed by atoms with Crippen molar-refractivity contribution in [1.82, 2.24) is 19.8 Å². The van der Waals surface area contributed by atoms with Crippen LogP contribution in [0.25, 0.3) is 10.9 Å². The molecule has 1 aromatic carbocycles. The Bertz CT molecular complexity index is 1040. The monoisotopic (exact) mass is 409 g/mol. The fourth-order valence-electron chi connectivity index (χ4n) is 4.49. The van der Waals surface area contributed by atoms with Crippen LogP contribution in [-0.2, 0) is 16.1 Å². The average Bonchev–Trinajstić information content (AvgIpc) is 3.59. The van der Waals surface area contributed by atoms with Crippen LogP contribution in [0, 0.1) is 11.8 Å². The lowest BCUT2D eigenvalue weighted by atomic mass is 9.95. The number of nitrogens with zero attached hydrogens (tertiary/aromatic N) is 4. The zero-order chi connectivity index (χ0) is 20.7. The predicted molar refractivity (Wildman–Crippen MR) is 113 cm³/mol. The predicted octanol–water partition coefficient (Wildman–Crippen LogP) is 0.981. The van der Waals surface area contributed by atoms with Gasteiger partial charge < -0.3 is 15.1 Å². The van der Waals surface area contributed by atoms with E-state index in [1.54, 1.807) is 10.9 Å². The third-order valence-corrected chi connectivity index (χ3v) is 6.51. The molecule has 8 heteroatoms.